The quantitative estimate of drug-likeness (QED) is 0.525. The van der Waals surface area contributed by atoms with E-state index in [1.165, 1.54) is 25.3 Å². The molecule has 1 aliphatic rings. The summed E-state index contributed by atoms with van der Waals surface area (Å²) in [6.45, 7) is 0.751. The van der Waals surface area contributed by atoms with E-state index in [1.54, 1.807) is 24.3 Å². The van der Waals surface area contributed by atoms with Gasteiger partial charge in [-0.25, -0.2) is 8.42 Å². The van der Waals surface area contributed by atoms with Crippen LogP contribution < -0.4 is 20.1 Å². The zero-order valence-electron chi connectivity index (χ0n) is 15.1. The SMILES string of the molecule is COc1ccccc1NS(=O)(=O)c1ccc(O)c(NC(=O)C2CCCN2)c1.Cl. The Morgan fingerprint density at radius 1 is 1.21 bits per heavy atom. The van der Waals surface area contributed by atoms with Gasteiger partial charge in [-0.15, -0.1) is 12.4 Å². The molecular formula is C18H22ClN3O5S. The van der Waals surface area contributed by atoms with Gasteiger partial charge in [-0.05, 0) is 49.7 Å². The number of methoxy groups -OCH3 is 1. The highest BCUT2D eigenvalue weighted by atomic mass is 35.5. The van der Waals surface area contributed by atoms with Crippen molar-refractivity contribution < 1.29 is 23.1 Å². The van der Waals surface area contributed by atoms with E-state index in [-0.39, 0.29) is 46.4 Å². The lowest BCUT2D eigenvalue weighted by atomic mass is 10.2. The maximum absolute atomic E-state index is 12.7. The summed E-state index contributed by atoms with van der Waals surface area (Å²) in [6.07, 6.45) is 1.58. The van der Waals surface area contributed by atoms with Crippen molar-refractivity contribution in [3.63, 3.8) is 0 Å². The summed E-state index contributed by atoms with van der Waals surface area (Å²) in [6, 6.07) is 9.97. The standard InChI is InChI=1S/C18H21N3O5S.ClH/c1-26-17-7-3-2-5-13(17)21-27(24,25)12-8-9-16(22)15(11-12)20-18(23)14-6-4-10-19-14;/h2-3,5,7-9,11,14,19,21-22H,4,6,10H2,1H3,(H,20,23);1H. The number of phenols is 1. The minimum Gasteiger partial charge on any atom is -0.506 e. The van der Waals surface area contributed by atoms with Crippen LogP contribution in [0, 0.1) is 0 Å². The molecule has 2 aromatic carbocycles. The Hall–Kier alpha value is -2.49. The molecule has 1 atom stereocenters. The van der Waals surface area contributed by atoms with Gasteiger partial charge in [0, 0.05) is 0 Å². The summed E-state index contributed by atoms with van der Waals surface area (Å²) < 4.78 is 33.0. The van der Waals surface area contributed by atoms with E-state index in [1.807, 2.05) is 0 Å². The molecule has 10 heteroatoms. The molecule has 1 amide bonds. The molecule has 0 radical (unpaired) electrons. The first kappa shape index (κ1) is 21.8. The Balaban J connectivity index is 0.00000280. The van der Waals surface area contributed by atoms with Crippen LogP contribution in [-0.4, -0.2) is 39.1 Å². The number of hydrogen-bond donors (Lipinski definition) is 4. The maximum atomic E-state index is 12.7. The van der Waals surface area contributed by atoms with Crippen LogP contribution in [0.4, 0.5) is 11.4 Å². The van der Waals surface area contributed by atoms with Gasteiger partial charge < -0.3 is 20.5 Å². The third-order valence-electron chi connectivity index (χ3n) is 4.26. The van der Waals surface area contributed by atoms with Gasteiger partial charge in [0.05, 0.1) is 29.4 Å². The monoisotopic (exact) mass is 427 g/mol. The van der Waals surface area contributed by atoms with Crippen molar-refractivity contribution in [2.24, 2.45) is 0 Å². The van der Waals surface area contributed by atoms with Gasteiger partial charge in [0.25, 0.3) is 10.0 Å². The van der Waals surface area contributed by atoms with E-state index in [9.17, 15) is 18.3 Å². The number of phenolic OH excluding ortho intramolecular Hbond substituents is 1. The Kier molecular flexibility index (Phi) is 7.11. The molecule has 0 aliphatic carbocycles. The van der Waals surface area contributed by atoms with Gasteiger partial charge in [-0.2, -0.15) is 0 Å². The summed E-state index contributed by atoms with van der Waals surface area (Å²) in [4.78, 5) is 12.1. The minimum absolute atomic E-state index is 0. The Morgan fingerprint density at radius 2 is 1.96 bits per heavy atom. The molecule has 1 aliphatic heterocycles. The zero-order valence-corrected chi connectivity index (χ0v) is 16.8. The number of benzene rings is 2. The topological polar surface area (TPSA) is 117 Å². The van der Waals surface area contributed by atoms with Crippen LogP contribution in [0.25, 0.3) is 0 Å². The average molecular weight is 428 g/mol. The fraction of sp³-hybridized carbons (Fsp3) is 0.278. The van der Waals surface area contributed by atoms with Crippen LogP contribution in [-0.2, 0) is 14.8 Å². The van der Waals surface area contributed by atoms with Gasteiger partial charge in [0.15, 0.2) is 0 Å². The molecule has 1 unspecified atom stereocenters. The number of halogens is 1. The molecule has 0 aromatic heterocycles. The first-order valence-electron chi connectivity index (χ1n) is 8.44. The third-order valence-corrected chi connectivity index (χ3v) is 5.63. The predicted molar refractivity (Wildman–Crippen MR) is 109 cm³/mol. The Labute approximate surface area is 169 Å². The highest BCUT2D eigenvalue weighted by Gasteiger charge is 2.24. The number of rotatable bonds is 6. The highest BCUT2D eigenvalue weighted by molar-refractivity contribution is 7.92. The van der Waals surface area contributed by atoms with Gasteiger partial charge in [0.1, 0.15) is 11.5 Å². The second kappa shape index (κ2) is 9.13. The number of nitrogens with one attached hydrogen (secondary N) is 3. The number of sulfonamides is 1. The van der Waals surface area contributed by atoms with E-state index in [0.717, 1.165) is 13.0 Å². The van der Waals surface area contributed by atoms with E-state index >= 15 is 0 Å². The predicted octanol–water partition coefficient (Wildman–Crippen LogP) is 2.31. The van der Waals surface area contributed by atoms with E-state index in [2.05, 4.69) is 15.4 Å². The zero-order chi connectivity index (χ0) is 19.4. The largest absolute Gasteiger partial charge is 0.506 e. The normalized spacial score (nSPS) is 16.1. The minimum atomic E-state index is -3.95. The van der Waals surface area contributed by atoms with Crippen molar-refractivity contribution in [1.82, 2.24) is 5.32 Å². The number of aromatic hydroxyl groups is 1. The van der Waals surface area contributed by atoms with Gasteiger partial charge in [-0.1, -0.05) is 12.1 Å². The fourth-order valence-electron chi connectivity index (χ4n) is 2.84. The van der Waals surface area contributed by atoms with Crippen LogP contribution in [0.2, 0.25) is 0 Å². The van der Waals surface area contributed by atoms with Crippen LogP contribution in [0.3, 0.4) is 0 Å². The Morgan fingerprint density at radius 3 is 2.64 bits per heavy atom. The molecule has 1 saturated heterocycles. The summed E-state index contributed by atoms with van der Waals surface area (Å²) in [5.41, 5.74) is 0.324. The lowest BCUT2D eigenvalue weighted by molar-refractivity contribution is -0.117. The maximum Gasteiger partial charge on any atom is 0.262 e. The van der Waals surface area contributed by atoms with Gasteiger partial charge in [0.2, 0.25) is 5.91 Å². The van der Waals surface area contributed by atoms with E-state index in [0.29, 0.717) is 12.2 Å². The van der Waals surface area contributed by atoms with Gasteiger partial charge in [-0.3, -0.25) is 9.52 Å². The number of amides is 1. The summed E-state index contributed by atoms with van der Waals surface area (Å²) in [5, 5.41) is 15.6. The van der Waals surface area contributed by atoms with Crippen LogP contribution >= 0.6 is 12.4 Å². The third kappa shape index (κ3) is 4.86. The Bertz CT molecular complexity index is 946. The first-order valence-corrected chi connectivity index (χ1v) is 9.92. The molecule has 152 valence electrons. The molecule has 1 heterocycles. The number of ether oxygens (including phenoxy) is 1. The second-order valence-electron chi connectivity index (χ2n) is 6.12. The fourth-order valence-corrected chi connectivity index (χ4v) is 3.94. The molecule has 0 saturated carbocycles. The summed E-state index contributed by atoms with van der Waals surface area (Å²) >= 11 is 0. The van der Waals surface area contributed by atoms with Crippen molar-refractivity contribution in [1.29, 1.82) is 0 Å². The number of carbonyl (C=O) groups excluding carboxylic acids is 1. The van der Waals surface area contributed by atoms with Gasteiger partial charge >= 0.3 is 0 Å². The van der Waals surface area contributed by atoms with Crippen LogP contribution in [0.5, 0.6) is 11.5 Å². The van der Waals surface area contributed by atoms with E-state index in [4.69, 9.17) is 4.74 Å². The highest BCUT2D eigenvalue weighted by Crippen LogP contribution is 2.30. The summed E-state index contributed by atoms with van der Waals surface area (Å²) in [5.74, 6) is -0.145. The molecule has 1 fully saturated rings. The second-order valence-corrected chi connectivity index (χ2v) is 7.81. The molecular weight excluding hydrogens is 406 g/mol. The molecule has 4 N–H and O–H groups in total. The number of para-hydroxylation sites is 2. The molecule has 0 bridgehead atoms. The number of carbonyl (C=O) groups is 1. The summed E-state index contributed by atoms with van der Waals surface area (Å²) in [7, 11) is -2.51. The average Bonchev–Trinajstić information content (AvgIpc) is 3.18. The lowest BCUT2D eigenvalue weighted by Gasteiger charge is -2.15. The van der Waals surface area contributed by atoms with Crippen LogP contribution in [0.15, 0.2) is 47.4 Å². The molecule has 3 rings (SSSR count). The molecule has 0 spiro atoms. The van der Waals surface area contributed by atoms with Crippen molar-refractivity contribution in [3.8, 4) is 11.5 Å². The van der Waals surface area contributed by atoms with Crippen LogP contribution in [0.1, 0.15) is 12.8 Å². The van der Waals surface area contributed by atoms with Crippen molar-refractivity contribution in [3.05, 3.63) is 42.5 Å². The van der Waals surface area contributed by atoms with E-state index < -0.39 is 10.0 Å². The van der Waals surface area contributed by atoms with Crippen molar-refractivity contribution in [2.75, 3.05) is 23.7 Å². The molecule has 28 heavy (non-hydrogen) atoms. The number of hydrogen-bond acceptors (Lipinski definition) is 6. The molecule has 2 aromatic rings. The van der Waals surface area contributed by atoms with Crippen molar-refractivity contribution in [2.45, 2.75) is 23.8 Å². The smallest absolute Gasteiger partial charge is 0.262 e. The van der Waals surface area contributed by atoms with Crippen molar-refractivity contribution >= 4 is 39.7 Å². The molecule has 8 nitrogen and oxygen atoms in total. The first-order chi connectivity index (χ1) is 12.9. The lowest BCUT2D eigenvalue weighted by Crippen LogP contribution is -2.35. The number of anilines is 2.